The highest BCUT2D eigenvalue weighted by Crippen LogP contribution is 2.24. The maximum atomic E-state index is 13.2. The number of carbonyl (C=O) groups excluding carboxylic acids is 10. The summed E-state index contributed by atoms with van der Waals surface area (Å²) in [5.74, 6) is -9.71. The minimum atomic E-state index is -1.02. The number of benzene rings is 10. The molecule has 0 spiro atoms. The van der Waals surface area contributed by atoms with Gasteiger partial charge in [0.05, 0.1) is 16.1 Å². The van der Waals surface area contributed by atoms with Crippen molar-refractivity contribution in [2.45, 2.75) is 277 Å². The van der Waals surface area contributed by atoms with Gasteiger partial charge in [-0.2, -0.15) is 0 Å². The lowest BCUT2D eigenvalue weighted by molar-refractivity contribution is 0.0901. The van der Waals surface area contributed by atoms with E-state index in [0.717, 1.165) is 70.2 Å². The van der Waals surface area contributed by atoms with Gasteiger partial charge in [-0.25, -0.2) is 39.5 Å². The monoisotopic (exact) mass is 2110 g/mol. The fraction of sp³-hybridized carbons (Fsp3) is 0.375. The maximum Gasteiger partial charge on any atom is 0.257 e. The molecule has 0 aliphatic heterocycles. The second-order valence-corrected chi connectivity index (χ2v) is 45.0. The molecule has 0 aliphatic rings. The van der Waals surface area contributed by atoms with Crippen molar-refractivity contribution < 1.29 is 87.5 Å². The van der Waals surface area contributed by atoms with Gasteiger partial charge in [-0.1, -0.05) is 98.8 Å². The van der Waals surface area contributed by atoms with E-state index in [9.17, 15) is 87.5 Å². The SMILES string of the molecule is CC(C)(C)NC(=O)c1c(F)cccc1F.CC(C)(C)NC(=O)c1cc(F)cc(F)c1.CC(C)(C)NC(=O)c1ccc(Br)cc1.CC(C)(C)NC(=O)c1ccc(Cl)cc1Cl.CC(C)(C)NC(=O)c1ccc(F)c(F)c1.CC(C)(C)NC(=O)c1ccc(F)cc1.CC(C)(C)NC(=O)c1ccc(F)cc1F.CC(C)(C)NC(=O)c1ccccc1.Cc1ccc(C(=O)NC(C)(C)C)cc1.Cc1ccc(C(=O)NC(C)(C)C)cc1. The molecule has 10 N–H and O–H groups in total. The van der Waals surface area contributed by atoms with Crippen LogP contribution in [0.3, 0.4) is 0 Å². The Labute approximate surface area is 862 Å². The fourth-order valence-electron chi connectivity index (χ4n) is 10.7. The van der Waals surface area contributed by atoms with Crippen LogP contribution in [-0.2, 0) is 0 Å². The molecule has 10 aromatic carbocycles. The van der Waals surface area contributed by atoms with Gasteiger partial charge >= 0.3 is 0 Å². The molecule has 0 aliphatic carbocycles. The predicted octanol–water partition coefficient (Wildman–Crippen LogP) is 26.1. The van der Waals surface area contributed by atoms with Crippen LogP contribution in [0.15, 0.2) is 223 Å². The summed E-state index contributed by atoms with van der Waals surface area (Å²) in [4.78, 5) is 116. The van der Waals surface area contributed by atoms with E-state index < -0.39 is 97.9 Å². The quantitative estimate of drug-likeness (QED) is 0.0578. The molecule has 784 valence electrons. The number of hydrogen-bond acceptors (Lipinski definition) is 10. The van der Waals surface area contributed by atoms with E-state index >= 15 is 0 Å². The third kappa shape index (κ3) is 58.8. The van der Waals surface area contributed by atoms with Gasteiger partial charge in [-0.3, -0.25) is 47.9 Å². The molecule has 10 aromatic rings. The van der Waals surface area contributed by atoms with Gasteiger partial charge in [-0.05, 0) is 379 Å². The topological polar surface area (TPSA) is 291 Å². The molecule has 32 heteroatoms. The molecule has 20 nitrogen and oxygen atoms in total. The van der Waals surface area contributed by atoms with Crippen molar-refractivity contribution in [3.63, 3.8) is 0 Å². The molecule has 10 rings (SSSR count). The summed E-state index contributed by atoms with van der Waals surface area (Å²) >= 11 is 15.0. The number of amides is 10. The number of rotatable bonds is 10. The third-order valence-electron chi connectivity index (χ3n) is 16.6. The van der Waals surface area contributed by atoms with Gasteiger partial charge in [0.25, 0.3) is 59.1 Å². The molecule has 0 radical (unpaired) electrons. The zero-order chi connectivity index (χ0) is 111. The summed E-state index contributed by atoms with van der Waals surface area (Å²) in [5.41, 5.74) is 2.41. The van der Waals surface area contributed by atoms with E-state index in [1.54, 1.807) is 105 Å². The van der Waals surface area contributed by atoms with Crippen molar-refractivity contribution in [3.8, 4) is 0 Å². The van der Waals surface area contributed by atoms with Crippen LogP contribution in [0.5, 0.6) is 0 Å². The largest absolute Gasteiger partial charge is 0.347 e. The first-order valence-electron chi connectivity index (χ1n) is 45.7. The first kappa shape index (κ1) is 129. The van der Waals surface area contributed by atoms with Crippen LogP contribution in [0.4, 0.5) is 39.5 Å². The summed E-state index contributed by atoms with van der Waals surface area (Å²) in [7, 11) is 0. The van der Waals surface area contributed by atoms with E-state index in [1.165, 1.54) is 36.4 Å². The van der Waals surface area contributed by atoms with Crippen molar-refractivity contribution >= 4 is 98.2 Å². The van der Waals surface area contributed by atoms with Crippen molar-refractivity contribution in [2.75, 3.05) is 0 Å². The summed E-state index contributed by atoms with van der Waals surface area (Å²) in [5, 5.41) is 28.5. The lowest BCUT2D eigenvalue weighted by Gasteiger charge is -2.20. The molecular weight excluding hydrogens is 1970 g/mol. The van der Waals surface area contributed by atoms with Gasteiger partial charge < -0.3 is 53.2 Å². The zero-order valence-corrected chi connectivity index (χ0v) is 91.5. The highest BCUT2D eigenvalue weighted by Gasteiger charge is 2.27. The third-order valence-corrected chi connectivity index (χ3v) is 17.7. The summed E-state index contributed by atoms with van der Waals surface area (Å²) in [6.45, 7) is 60.4. The highest BCUT2D eigenvalue weighted by molar-refractivity contribution is 9.10. The maximum absolute atomic E-state index is 13.2. The molecule has 0 fully saturated rings. The average Bonchev–Trinajstić information content (AvgIpc) is 0.820. The lowest BCUT2D eigenvalue weighted by atomic mass is 10.1. The number of carbonyl (C=O) groups is 10. The Morgan fingerprint density at radius 3 is 0.806 bits per heavy atom. The number of nitrogens with one attached hydrogen (secondary N) is 10. The van der Waals surface area contributed by atoms with Gasteiger partial charge in [0, 0.05) is 116 Å². The number of aryl methyl sites for hydroxylation is 2. The predicted molar refractivity (Wildman–Crippen MR) is 563 cm³/mol. The molecule has 144 heavy (non-hydrogen) atoms. The molecule has 0 heterocycles. The van der Waals surface area contributed by atoms with Crippen LogP contribution in [0.25, 0.3) is 0 Å². The average molecular weight is 2110 g/mol. The summed E-state index contributed by atoms with van der Waals surface area (Å²) < 4.78 is 117. The van der Waals surface area contributed by atoms with E-state index in [0.29, 0.717) is 49.5 Å². The summed E-state index contributed by atoms with van der Waals surface area (Å²) in [6, 6.07) is 54.0. The smallest absolute Gasteiger partial charge is 0.257 e. The Kier molecular flexibility index (Phi) is 51.3. The first-order valence-corrected chi connectivity index (χ1v) is 47.2. The standard InChI is InChI=1S/2C12H17NO.C11H14BrNO.C11H13Cl2NO.4C11H13F2NO.C11H14FNO.C11H15NO/c2*1-9-5-7-10(8-6-9)11(14)13-12(2,3)4;1-11(2,3)13-10(14)8-4-6-9(12)7-5-8;1-11(2,3)14-10(15)8-5-4-7(12)6-9(8)13;1-11(2,3)14-10(15)7-4-8(12)6-9(13)5-7;1-11(2,3)14-10(15)8-5-4-7(12)6-9(8)13;1-11(2,3)14-10(15)7-4-5-8(12)9(13)6-7;1-11(2,3)14-10(15)9-7(12)5-4-6-8(9)13;1-11(2,3)13-10(14)8-4-6-9(12)7-5-8;1-11(2,3)12-10(13)9-7-5-4-6-8-9/h2*5-8H,1-4H3,(H,13,14);4-7H,1-3H3,(H,13,14);5*4-6H,1-3H3,(H,14,15);4-7H,1-3H3,(H,13,14);4-8H,1-3H3,(H,12,13). The van der Waals surface area contributed by atoms with Crippen molar-refractivity contribution in [2.24, 2.45) is 0 Å². The molecular formula is C112H142BrCl2F9N10O10. The Morgan fingerprint density at radius 2 is 0.486 bits per heavy atom. The van der Waals surface area contributed by atoms with Crippen LogP contribution in [0.1, 0.15) is 322 Å². The minimum absolute atomic E-state index is 0.0116. The molecule has 10 amide bonds. The number of halogens is 12. The van der Waals surface area contributed by atoms with Gasteiger partial charge in [0.15, 0.2) is 11.6 Å². The van der Waals surface area contributed by atoms with E-state index in [-0.39, 0.29) is 91.2 Å². The van der Waals surface area contributed by atoms with Crippen LogP contribution in [0.2, 0.25) is 10.0 Å². The van der Waals surface area contributed by atoms with Gasteiger partial charge in [0.2, 0.25) is 0 Å². The van der Waals surface area contributed by atoms with Crippen molar-refractivity contribution in [1.82, 2.24) is 53.2 Å². The Bertz CT molecular complexity index is 5500. The molecule has 0 atom stereocenters. The Hall–Kier alpha value is -12.7. The van der Waals surface area contributed by atoms with Crippen LogP contribution < -0.4 is 53.2 Å². The zero-order valence-electron chi connectivity index (χ0n) is 88.4. The van der Waals surface area contributed by atoms with E-state index in [2.05, 4.69) is 69.1 Å². The van der Waals surface area contributed by atoms with E-state index in [4.69, 9.17) is 23.2 Å². The van der Waals surface area contributed by atoms with Gasteiger partial charge in [0.1, 0.15) is 46.3 Å². The fourth-order valence-corrected chi connectivity index (χ4v) is 11.5. The van der Waals surface area contributed by atoms with Crippen molar-refractivity contribution in [1.29, 1.82) is 0 Å². The molecule has 0 aromatic heterocycles. The van der Waals surface area contributed by atoms with Crippen LogP contribution in [-0.4, -0.2) is 114 Å². The Morgan fingerprint density at radius 1 is 0.215 bits per heavy atom. The second kappa shape index (κ2) is 57.1. The molecule has 0 unspecified atom stereocenters. The normalized spacial score (nSPS) is 11.2. The van der Waals surface area contributed by atoms with E-state index in [1.807, 2.05) is 238 Å². The van der Waals surface area contributed by atoms with Gasteiger partial charge in [-0.15, -0.1) is 0 Å². The molecule has 0 saturated heterocycles. The van der Waals surface area contributed by atoms with Crippen LogP contribution in [0, 0.1) is 66.2 Å². The molecule has 0 bridgehead atoms. The Balaban J connectivity index is 0.000000800. The number of hydrogen-bond donors (Lipinski definition) is 10. The lowest BCUT2D eigenvalue weighted by Crippen LogP contribution is -2.41. The summed E-state index contributed by atoms with van der Waals surface area (Å²) in [6.07, 6.45) is 0. The van der Waals surface area contributed by atoms with Crippen LogP contribution >= 0.6 is 39.1 Å². The van der Waals surface area contributed by atoms with Crippen molar-refractivity contribution in [3.05, 3.63) is 352 Å². The first-order chi connectivity index (χ1) is 65.5. The minimum Gasteiger partial charge on any atom is -0.347 e. The molecule has 0 saturated carbocycles. The second-order valence-electron chi connectivity index (χ2n) is 43.3. The highest BCUT2D eigenvalue weighted by atomic mass is 79.9.